The summed E-state index contributed by atoms with van der Waals surface area (Å²) in [6.07, 6.45) is 1.73. The van der Waals surface area contributed by atoms with E-state index in [2.05, 4.69) is 55.7 Å². The fraction of sp³-hybridized carbons (Fsp3) is 0.231. The second-order valence-corrected chi connectivity index (χ2v) is 5.21. The Morgan fingerprint density at radius 2 is 2.16 bits per heavy atom. The number of nitrogens with two attached hydrogens (primary N) is 1. The lowest BCUT2D eigenvalue weighted by Crippen LogP contribution is -2.14. The molecular formula is C13H16BrN5. The van der Waals surface area contributed by atoms with Crippen LogP contribution < -0.4 is 16.6 Å². The average molecular weight is 322 g/mol. The monoisotopic (exact) mass is 321 g/mol. The highest BCUT2D eigenvalue weighted by atomic mass is 79.9. The van der Waals surface area contributed by atoms with Crippen molar-refractivity contribution in [3.8, 4) is 0 Å². The van der Waals surface area contributed by atoms with Gasteiger partial charge in [0, 0.05) is 22.3 Å². The maximum atomic E-state index is 5.32. The summed E-state index contributed by atoms with van der Waals surface area (Å²) in [4.78, 5) is 8.37. The normalized spacial score (nSPS) is 12.0. The van der Waals surface area contributed by atoms with E-state index in [0.717, 1.165) is 15.9 Å². The molecule has 100 valence electrons. The van der Waals surface area contributed by atoms with Crippen molar-refractivity contribution in [2.24, 2.45) is 5.84 Å². The third-order valence-corrected chi connectivity index (χ3v) is 3.30. The van der Waals surface area contributed by atoms with Crippen LogP contribution in [-0.2, 0) is 0 Å². The van der Waals surface area contributed by atoms with Crippen LogP contribution in [0.5, 0.6) is 0 Å². The molecule has 6 heteroatoms. The molecule has 0 bridgehead atoms. The van der Waals surface area contributed by atoms with Gasteiger partial charge in [0.2, 0.25) is 5.95 Å². The van der Waals surface area contributed by atoms with E-state index in [1.54, 1.807) is 6.20 Å². The lowest BCUT2D eigenvalue weighted by atomic mass is 10.1. The number of hydrogen-bond donors (Lipinski definition) is 3. The summed E-state index contributed by atoms with van der Waals surface area (Å²) in [6.45, 7) is 4.04. The molecule has 0 aliphatic carbocycles. The number of nitrogen functional groups attached to an aromatic ring is 1. The molecule has 1 atom stereocenters. The van der Waals surface area contributed by atoms with E-state index in [1.165, 1.54) is 5.56 Å². The standard InChI is InChI=1S/C13H16BrN5/c1-8-7-16-13(19-15)18-12(8)17-9(2)10-4-3-5-11(14)6-10/h3-7,9H,15H2,1-2H3,(H2,16,17,18,19). The number of hydrogen-bond acceptors (Lipinski definition) is 5. The van der Waals surface area contributed by atoms with Crippen molar-refractivity contribution in [2.45, 2.75) is 19.9 Å². The highest BCUT2D eigenvalue weighted by molar-refractivity contribution is 9.10. The number of halogens is 1. The van der Waals surface area contributed by atoms with Crippen LogP contribution in [0.15, 0.2) is 34.9 Å². The average Bonchev–Trinajstić information content (AvgIpc) is 2.41. The van der Waals surface area contributed by atoms with Crippen molar-refractivity contribution >= 4 is 27.7 Å². The van der Waals surface area contributed by atoms with Gasteiger partial charge >= 0.3 is 0 Å². The maximum Gasteiger partial charge on any atom is 0.239 e. The molecule has 1 heterocycles. The predicted octanol–water partition coefficient (Wildman–Crippen LogP) is 3.01. The smallest absolute Gasteiger partial charge is 0.239 e. The van der Waals surface area contributed by atoms with Gasteiger partial charge in [-0.2, -0.15) is 4.98 Å². The van der Waals surface area contributed by atoms with Crippen molar-refractivity contribution in [1.82, 2.24) is 9.97 Å². The zero-order valence-corrected chi connectivity index (χ0v) is 12.4. The first-order valence-corrected chi connectivity index (χ1v) is 6.71. The molecule has 1 unspecified atom stereocenters. The van der Waals surface area contributed by atoms with E-state index >= 15 is 0 Å². The quantitative estimate of drug-likeness (QED) is 0.596. The maximum absolute atomic E-state index is 5.32. The molecule has 0 aliphatic heterocycles. The van der Waals surface area contributed by atoms with Crippen LogP contribution in [0.1, 0.15) is 24.1 Å². The Kier molecular flexibility index (Phi) is 4.34. The van der Waals surface area contributed by atoms with E-state index in [1.807, 2.05) is 19.1 Å². The Hall–Kier alpha value is -1.66. The Labute approximate surface area is 120 Å². The number of nitrogens with one attached hydrogen (secondary N) is 2. The van der Waals surface area contributed by atoms with Gasteiger partial charge < -0.3 is 5.32 Å². The van der Waals surface area contributed by atoms with Crippen molar-refractivity contribution in [3.63, 3.8) is 0 Å². The van der Waals surface area contributed by atoms with E-state index in [9.17, 15) is 0 Å². The fourth-order valence-electron chi connectivity index (χ4n) is 1.72. The SMILES string of the molecule is Cc1cnc(NN)nc1NC(C)c1cccc(Br)c1. The van der Waals surface area contributed by atoms with E-state index in [-0.39, 0.29) is 6.04 Å². The summed E-state index contributed by atoms with van der Waals surface area (Å²) in [5.41, 5.74) is 4.60. The highest BCUT2D eigenvalue weighted by Gasteiger charge is 2.09. The summed E-state index contributed by atoms with van der Waals surface area (Å²) in [6, 6.07) is 8.30. The van der Waals surface area contributed by atoms with Gasteiger partial charge in [-0.3, -0.25) is 5.43 Å². The molecule has 4 N–H and O–H groups in total. The van der Waals surface area contributed by atoms with Crippen LogP contribution in [0.4, 0.5) is 11.8 Å². The van der Waals surface area contributed by atoms with Gasteiger partial charge in [-0.1, -0.05) is 28.1 Å². The van der Waals surface area contributed by atoms with Gasteiger partial charge in [0.1, 0.15) is 5.82 Å². The molecule has 0 radical (unpaired) electrons. The highest BCUT2D eigenvalue weighted by Crippen LogP contribution is 2.23. The first-order valence-electron chi connectivity index (χ1n) is 5.92. The molecule has 2 rings (SSSR count). The molecule has 0 spiro atoms. The largest absolute Gasteiger partial charge is 0.363 e. The van der Waals surface area contributed by atoms with Gasteiger partial charge in [-0.05, 0) is 31.5 Å². The topological polar surface area (TPSA) is 75.9 Å². The number of benzene rings is 1. The zero-order valence-electron chi connectivity index (χ0n) is 10.8. The number of aromatic nitrogens is 2. The minimum absolute atomic E-state index is 0.136. The molecule has 0 fully saturated rings. The Balaban J connectivity index is 2.21. The van der Waals surface area contributed by atoms with Gasteiger partial charge in [-0.15, -0.1) is 0 Å². The number of nitrogens with zero attached hydrogens (tertiary/aromatic N) is 2. The van der Waals surface area contributed by atoms with Crippen molar-refractivity contribution in [3.05, 3.63) is 46.1 Å². The number of anilines is 2. The molecule has 19 heavy (non-hydrogen) atoms. The van der Waals surface area contributed by atoms with Gasteiger partial charge in [0.25, 0.3) is 0 Å². The number of aryl methyl sites for hydroxylation is 1. The molecule has 1 aromatic carbocycles. The van der Waals surface area contributed by atoms with Crippen molar-refractivity contribution in [2.75, 3.05) is 10.7 Å². The van der Waals surface area contributed by atoms with Gasteiger partial charge in [-0.25, -0.2) is 10.8 Å². The molecule has 0 aliphatic rings. The molecule has 0 amide bonds. The van der Waals surface area contributed by atoms with Gasteiger partial charge in [0.15, 0.2) is 0 Å². The minimum Gasteiger partial charge on any atom is -0.363 e. The third-order valence-electron chi connectivity index (χ3n) is 2.80. The fourth-order valence-corrected chi connectivity index (χ4v) is 2.14. The zero-order chi connectivity index (χ0) is 13.8. The van der Waals surface area contributed by atoms with Crippen molar-refractivity contribution in [1.29, 1.82) is 0 Å². The van der Waals surface area contributed by atoms with E-state index in [4.69, 9.17) is 5.84 Å². The Bertz CT molecular complexity index is 573. The third kappa shape index (κ3) is 3.42. The van der Waals surface area contributed by atoms with E-state index < -0.39 is 0 Å². The molecule has 0 saturated carbocycles. The summed E-state index contributed by atoms with van der Waals surface area (Å²) in [5.74, 6) is 6.49. The molecule has 2 aromatic rings. The van der Waals surface area contributed by atoms with Crippen LogP contribution in [0.2, 0.25) is 0 Å². The number of hydrazine groups is 1. The summed E-state index contributed by atoms with van der Waals surface area (Å²) >= 11 is 3.47. The van der Waals surface area contributed by atoms with Crippen LogP contribution in [-0.4, -0.2) is 9.97 Å². The summed E-state index contributed by atoms with van der Waals surface area (Å²) in [5, 5.41) is 3.36. The molecular weight excluding hydrogens is 306 g/mol. The predicted molar refractivity (Wildman–Crippen MR) is 80.8 cm³/mol. The molecule has 0 saturated heterocycles. The van der Waals surface area contributed by atoms with Gasteiger partial charge in [0.05, 0.1) is 0 Å². The second-order valence-electron chi connectivity index (χ2n) is 4.29. The lowest BCUT2D eigenvalue weighted by Gasteiger charge is -2.17. The van der Waals surface area contributed by atoms with Crippen LogP contribution in [0.25, 0.3) is 0 Å². The van der Waals surface area contributed by atoms with Crippen LogP contribution >= 0.6 is 15.9 Å². The van der Waals surface area contributed by atoms with Crippen LogP contribution in [0, 0.1) is 6.92 Å². The van der Waals surface area contributed by atoms with Crippen LogP contribution in [0.3, 0.4) is 0 Å². The lowest BCUT2D eigenvalue weighted by molar-refractivity contribution is 0.867. The number of rotatable bonds is 4. The minimum atomic E-state index is 0.136. The Morgan fingerprint density at radius 3 is 2.84 bits per heavy atom. The molecule has 5 nitrogen and oxygen atoms in total. The van der Waals surface area contributed by atoms with Crippen molar-refractivity contribution < 1.29 is 0 Å². The second kappa shape index (κ2) is 5.99. The summed E-state index contributed by atoms with van der Waals surface area (Å²) in [7, 11) is 0. The first kappa shape index (κ1) is 13.8. The summed E-state index contributed by atoms with van der Waals surface area (Å²) < 4.78 is 1.06. The molecule has 1 aromatic heterocycles. The Morgan fingerprint density at radius 1 is 1.37 bits per heavy atom. The van der Waals surface area contributed by atoms with E-state index in [0.29, 0.717) is 5.95 Å². The first-order chi connectivity index (χ1) is 9.10.